The van der Waals surface area contributed by atoms with Crippen LogP contribution in [0.2, 0.25) is 0 Å². The van der Waals surface area contributed by atoms with Gasteiger partial charge < -0.3 is 25.4 Å². The molecule has 8 nitrogen and oxygen atoms in total. The number of carboxylic acids is 1. The van der Waals surface area contributed by atoms with Gasteiger partial charge in [-0.1, -0.05) is 0 Å². The number of nitrogens with one attached hydrogen (secondary N) is 1. The summed E-state index contributed by atoms with van der Waals surface area (Å²) in [6, 6.07) is -1.96. The van der Waals surface area contributed by atoms with Crippen molar-refractivity contribution in [3.05, 3.63) is 0 Å². The Balaban J connectivity index is 4.20. The summed E-state index contributed by atoms with van der Waals surface area (Å²) < 4.78 is 5.75. The third-order valence-corrected chi connectivity index (χ3v) is 3.17. The normalized spacial score (nSPS) is 14.0. The molecule has 0 spiro atoms. The van der Waals surface area contributed by atoms with Crippen LogP contribution in [0.3, 0.4) is 0 Å². The Morgan fingerprint density at radius 3 is 2.36 bits per heavy atom. The van der Waals surface area contributed by atoms with E-state index in [2.05, 4.69) is 17.9 Å². The molecule has 0 aromatic carbocycles. The highest BCUT2D eigenvalue weighted by atomic mass is 32.1. The van der Waals surface area contributed by atoms with Gasteiger partial charge in [0, 0.05) is 12.2 Å². The van der Waals surface area contributed by atoms with E-state index in [-0.39, 0.29) is 25.2 Å². The van der Waals surface area contributed by atoms with Crippen LogP contribution in [0.4, 0.5) is 0 Å². The van der Waals surface area contributed by atoms with Crippen molar-refractivity contribution < 1.29 is 28.7 Å². The second-order valence-corrected chi connectivity index (χ2v) is 6.33. The summed E-state index contributed by atoms with van der Waals surface area (Å²) in [5, 5.41) is 11.1. The van der Waals surface area contributed by atoms with E-state index in [1.807, 2.05) is 21.1 Å². The molecule has 0 aliphatic rings. The molecule has 0 fully saturated rings. The number of nitrogens with two attached hydrogens (primary N) is 1. The van der Waals surface area contributed by atoms with E-state index >= 15 is 0 Å². The van der Waals surface area contributed by atoms with Crippen molar-refractivity contribution in [3.8, 4) is 0 Å². The first kappa shape index (κ1) is 20.7. The fourth-order valence-corrected chi connectivity index (χ4v) is 1.62. The van der Waals surface area contributed by atoms with Crippen molar-refractivity contribution in [2.75, 3.05) is 40.0 Å². The van der Waals surface area contributed by atoms with Gasteiger partial charge in [0.2, 0.25) is 5.91 Å². The third kappa shape index (κ3) is 9.59. The molecule has 2 atom stereocenters. The van der Waals surface area contributed by atoms with Crippen LogP contribution in [0.1, 0.15) is 12.8 Å². The number of quaternary nitrogens is 1. The van der Waals surface area contributed by atoms with E-state index in [0.717, 1.165) is 0 Å². The number of rotatable bonds is 10. The summed E-state index contributed by atoms with van der Waals surface area (Å²) in [6.45, 7) is 0.888. The molecule has 0 saturated heterocycles. The van der Waals surface area contributed by atoms with Crippen molar-refractivity contribution in [3.63, 3.8) is 0 Å². The minimum Gasteiger partial charge on any atom is -0.480 e. The summed E-state index contributed by atoms with van der Waals surface area (Å²) in [4.78, 5) is 34.1. The molecule has 0 rings (SSSR count). The lowest BCUT2D eigenvalue weighted by Gasteiger charge is -2.24. The molecule has 0 aromatic heterocycles. The summed E-state index contributed by atoms with van der Waals surface area (Å²) >= 11 is 4.01. The second kappa shape index (κ2) is 9.65. The van der Waals surface area contributed by atoms with Crippen LogP contribution in [-0.4, -0.2) is 79.6 Å². The van der Waals surface area contributed by atoms with Crippen LogP contribution in [0.15, 0.2) is 0 Å². The van der Waals surface area contributed by atoms with Gasteiger partial charge in [0.1, 0.15) is 25.2 Å². The number of likely N-dealkylation sites (N-methyl/N-ethyl adjacent to an activating group) is 1. The van der Waals surface area contributed by atoms with Crippen LogP contribution in [-0.2, 0) is 19.1 Å². The van der Waals surface area contributed by atoms with Crippen molar-refractivity contribution in [1.29, 1.82) is 0 Å². The average Bonchev–Trinajstić information content (AvgIpc) is 2.40. The molecule has 4 N–H and O–H groups in total. The van der Waals surface area contributed by atoms with Crippen LogP contribution < -0.4 is 11.1 Å². The monoisotopic (exact) mass is 336 g/mol. The Hall–Kier alpha value is -1.32. The maximum absolute atomic E-state index is 11.8. The number of thiol groups is 1. The van der Waals surface area contributed by atoms with Crippen molar-refractivity contribution in [2.45, 2.75) is 24.9 Å². The standard InChI is InChI=1S/C13H25N3O5S/c1-16(2,3)6-7-21-13(20)10(8-22)15-11(17)5-4-9(14)12(18)19/h9-10H,4-8,14H2,1-3H3,(H2-,15,17,18,19,22)/p+1/t9-,10-/m0/s1. The highest BCUT2D eigenvalue weighted by Crippen LogP contribution is 1.99. The van der Waals surface area contributed by atoms with Gasteiger partial charge in [-0.05, 0) is 6.42 Å². The number of aliphatic carboxylic acids is 1. The Morgan fingerprint density at radius 1 is 1.32 bits per heavy atom. The predicted molar refractivity (Wildman–Crippen MR) is 84.5 cm³/mol. The minimum atomic E-state index is -1.17. The van der Waals surface area contributed by atoms with Crippen molar-refractivity contribution in [1.82, 2.24) is 5.32 Å². The van der Waals surface area contributed by atoms with E-state index < -0.39 is 29.9 Å². The van der Waals surface area contributed by atoms with Gasteiger partial charge >= 0.3 is 11.9 Å². The highest BCUT2D eigenvalue weighted by molar-refractivity contribution is 7.80. The minimum absolute atomic E-state index is 0.00297. The molecule has 128 valence electrons. The van der Waals surface area contributed by atoms with E-state index in [1.165, 1.54) is 0 Å². The fraction of sp³-hybridized carbons (Fsp3) is 0.769. The molecule has 0 aliphatic heterocycles. The first-order valence-electron chi connectivity index (χ1n) is 6.92. The van der Waals surface area contributed by atoms with Gasteiger partial charge in [0.25, 0.3) is 0 Å². The third-order valence-electron chi connectivity index (χ3n) is 2.81. The van der Waals surface area contributed by atoms with Gasteiger partial charge in [-0.25, -0.2) is 4.79 Å². The number of nitrogens with zero attached hydrogens (tertiary/aromatic N) is 1. The SMILES string of the molecule is C[N+](C)(C)CCOC(=O)[C@H](CS)NC(=O)CC[C@H](N)C(=O)O. The van der Waals surface area contributed by atoms with Crippen molar-refractivity contribution in [2.24, 2.45) is 5.73 Å². The molecule has 0 radical (unpaired) electrons. The average molecular weight is 336 g/mol. The molecule has 0 unspecified atom stereocenters. The maximum atomic E-state index is 11.8. The molecule has 0 bridgehead atoms. The molecule has 22 heavy (non-hydrogen) atoms. The topological polar surface area (TPSA) is 119 Å². The first-order chi connectivity index (χ1) is 10.1. The Labute approximate surface area is 136 Å². The second-order valence-electron chi connectivity index (χ2n) is 5.97. The number of ether oxygens (including phenoxy) is 1. The Morgan fingerprint density at radius 2 is 1.91 bits per heavy atom. The van der Waals surface area contributed by atoms with Crippen LogP contribution >= 0.6 is 12.6 Å². The lowest BCUT2D eigenvalue weighted by molar-refractivity contribution is -0.870. The number of hydrogen-bond donors (Lipinski definition) is 4. The summed E-state index contributed by atoms with van der Waals surface area (Å²) in [5.74, 6) is -2.09. The predicted octanol–water partition coefficient (Wildman–Crippen LogP) is -1.16. The number of carbonyl (C=O) groups excluding carboxylic acids is 2. The molecular formula is C13H26N3O5S+. The van der Waals surface area contributed by atoms with Crippen molar-refractivity contribution >= 4 is 30.5 Å². The van der Waals surface area contributed by atoms with E-state index in [4.69, 9.17) is 15.6 Å². The van der Waals surface area contributed by atoms with Gasteiger partial charge in [-0.15, -0.1) is 0 Å². The molecular weight excluding hydrogens is 310 g/mol. The molecule has 9 heteroatoms. The Kier molecular flexibility index (Phi) is 9.07. The maximum Gasteiger partial charge on any atom is 0.329 e. The van der Waals surface area contributed by atoms with Gasteiger partial charge in [-0.3, -0.25) is 9.59 Å². The van der Waals surface area contributed by atoms with E-state index in [0.29, 0.717) is 11.0 Å². The zero-order valence-electron chi connectivity index (χ0n) is 13.2. The zero-order valence-corrected chi connectivity index (χ0v) is 14.1. The quantitative estimate of drug-likeness (QED) is 0.227. The van der Waals surface area contributed by atoms with Crippen LogP contribution in [0, 0.1) is 0 Å². The largest absolute Gasteiger partial charge is 0.480 e. The summed E-state index contributed by atoms with van der Waals surface area (Å²) in [5.41, 5.74) is 5.31. The van der Waals surface area contributed by atoms with Crippen LogP contribution in [0.25, 0.3) is 0 Å². The lowest BCUT2D eigenvalue weighted by atomic mass is 10.1. The number of hydrogen-bond acceptors (Lipinski definition) is 6. The number of amides is 1. The van der Waals surface area contributed by atoms with Gasteiger partial charge in [0.15, 0.2) is 0 Å². The summed E-state index contributed by atoms with van der Waals surface area (Å²) in [7, 11) is 5.91. The molecule has 0 saturated carbocycles. The summed E-state index contributed by atoms with van der Waals surface area (Å²) in [6.07, 6.45) is -0.0824. The van der Waals surface area contributed by atoms with Gasteiger partial charge in [-0.2, -0.15) is 12.6 Å². The highest BCUT2D eigenvalue weighted by Gasteiger charge is 2.22. The number of carboxylic acid groups (broad SMARTS) is 1. The van der Waals surface area contributed by atoms with Crippen LogP contribution in [0.5, 0.6) is 0 Å². The first-order valence-corrected chi connectivity index (χ1v) is 7.55. The number of carbonyl (C=O) groups is 3. The van der Waals surface area contributed by atoms with E-state index in [9.17, 15) is 14.4 Å². The molecule has 1 amide bonds. The molecule has 0 aromatic rings. The molecule has 0 heterocycles. The van der Waals surface area contributed by atoms with E-state index in [1.54, 1.807) is 0 Å². The zero-order chi connectivity index (χ0) is 17.3. The number of esters is 1. The lowest BCUT2D eigenvalue weighted by Crippen LogP contribution is -2.45. The Bertz CT molecular complexity index is 398. The van der Waals surface area contributed by atoms with Gasteiger partial charge in [0.05, 0.1) is 21.1 Å². The molecule has 0 aliphatic carbocycles. The fourth-order valence-electron chi connectivity index (χ4n) is 1.38. The smallest absolute Gasteiger partial charge is 0.329 e.